The Morgan fingerprint density at radius 3 is 2.59 bits per heavy atom. The molecule has 4 rings (SSSR count). The second-order valence-corrected chi connectivity index (χ2v) is 11.6. The van der Waals surface area contributed by atoms with Crippen molar-refractivity contribution in [2.75, 3.05) is 13.1 Å². The summed E-state index contributed by atoms with van der Waals surface area (Å²) >= 11 is 2.31. The number of fused-ring (bicyclic) bond motifs is 1. The van der Waals surface area contributed by atoms with Crippen LogP contribution in [0, 0.1) is 10.5 Å². The summed E-state index contributed by atoms with van der Waals surface area (Å²) in [4.78, 5) is 11.5. The van der Waals surface area contributed by atoms with Gasteiger partial charge in [0.2, 0.25) is 10.0 Å². The Hall–Kier alpha value is -1.91. The number of nitrogens with zero attached hydrogens (tertiary/aromatic N) is 2. The molecule has 8 heteroatoms. The van der Waals surface area contributed by atoms with E-state index in [4.69, 9.17) is 4.74 Å². The third kappa shape index (κ3) is 4.45. The van der Waals surface area contributed by atoms with E-state index in [2.05, 4.69) is 41.6 Å². The van der Waals surface area contributed by atoms with E-state index in [9.17, 15) is 13.2 Å². The third-order valence-electron chi connectivity index (χ3n) is 5.89. The van der Waals surface area contributed by atoms with E-state index in [1.165, 1.54) is 5.56 Å². The molecular weight excluding hydrogens is 539 g/mol. The summed E-state index contributed by atoms with van der Waals surface area (Å²) < 4.78 is 36.8. The van der Waals surface area contributed by atoms with Gasteiger partial charge in [-0.3, -0.25) is 0 Å². The van der Waals surface area contributed by atoms with Crippen molar-refractivity contribution in [2.45, 2.75) is 50.7 Å². The standard InChI is InChI=1S/C24H27IN2O4S/c1-16(2)31-19-4-6-20(7-5-19)32(29,30)27-9-8-18(14-27)22-15-26(10-11-28)24-13-23(25)17(3)12-21(22)24/h4-7,11-13,15-16,18H,8-10,14H2,1-3H3. The van der Waals surface area contributed by atoms with Crippen molar-refractivity contribution < 1.29 is 17.9 Å². The molecule has 2 aromatic carbocycles. The molecule has 0 bridgehead atoms. The van der Waals surface area contributed by atoms with Crippen molar-refractivity contribution in [1.82, 2.24) is 8.87 Å². The van der Waals surface area contributed by atoms with Crippen molar-refractivity contribution in [3.05, 3.63) is 57.3 Å². The van der Waals surface area contributed by atoms with E-state index in [1.807, 2.05) is 24.6 Å². The molecule has 1 aliphatic rings. The molecule has 0 saturated carbocycles. The summed E-state index contributed by atoms with van der Waals surface area (Å²) in [7, 11) is -3.58. The van der Waals surface area contributed by atoms with Crippen LogP contribution in [-0.2, 0) is 21.4 Å². The lowest BCUT2D eigenvalue weighted by atomic mass is 9.97. The molecule has 1 saturated heterocycles. The van der Waals surface area contributed by atoms with Gasteiger partial charge in [0.1, 0.15) is 12.0 Å². The fourth-order valence-electron chi connectivity index (χ4n) is 4.32. The van der Waals surface area contributed by atoms with Crippen LogP contribution in [0.4, 0.5) is 0 Å². The lowest BCUT2D eigenvalue weighted by Gasteiger charge is -2.17. The number of sulfonamides is 1. The van der Waals surface area contributed by atoms with Gasteiger partial charge in [0.25, 0.3) is 0 Å². The van der Waals surface area contributed by atoms with E-state index in [0.717, 1.165) is 32.7 Å². The van der Waals surface area contributed by atoms with Crippen molar-refractivity contribution in [3.63, 3.8) is 0 Å². The first-order valence-corrected chi connectivity index (χ1v) is 13.2. The van der Waals surface area contributed by atoms with Gasteiger partial charge in [0.15, 0.2) is 0 Å². The highest BCUT2D eigenvalue weighted by Crippen LogP contribution is 2.37. The van der Waals surface area contributed by atoms with Crippen molar-refractivity contribution >= 4 is 49.8 Å². The molecule has 1 atom stereocenters. The van der Waals surface area contributed by atoms with Crippen LogP contribution in [0.5, 0.6) is 5.75 Å². The maximum Gasteiger partial charge on any atom is 0.243 e. The smallest absolute Gasteiger partial charge is 0.243 e. The van der Waals surface area contributed by atoms with Crippen LogP contribution >= 0.6 is 22.6 Å². The van der Waals surface area contributed by atoms with E-state index in [-0.39, 0.29) is 23.5 Å². The van der Waals surface area contributed by atoms with Gasteiger partial charge in [-0.2, -0.15) is 4.31 Å². The number of carbonyl (C=O) groups is 1. The van der Waals surface area contributed by atoms with E-state index in [0.29, 0.717) is 18.8 Å². The van der Waals surface area contributed by atoms with Crippen LogP contribution < -0.4 is 4.74 Å². The van der Waals surface area contributed by atoms with Gasteiger partial charge in [0.05, 0.1) is 17.5 Å². The van der Waals surface area contributed by atoms with Crippen LogP contribution in [0.15, 0.2) is 47.5 Å². The van der Waals surface area contributed by atoms with Gasteiger partial charge >= 0.3 is 0 Å². The Kier molecular flexibility index (Phi) is 6.65. The van der Waals surface area contributed by atoms with E-state index >= 15 is 0 Å². The van der Waals surface area contributed by atoms with Gasteiger partial charge in [-0.25, -0.2) is 8.42 Å². The SMILES string of the molecule is Cc1cc2c(C3CCN(S(=O)(=O)c4ccc(OC(C)C)cc4)C3)cn(CC=O)c2cc1I. The number of rotatable bonds is 7. The highest BCUT2D eigenvalue weighted by molar-refractivity contribution is 14.1. The molecule has 3 aromatic rings. The highest BCUT2D eigenvalue weighted by Gasteiger charge is 2.34. The Morgan fingerprint density at radius 2 is 1.94 bits per heavy atom. The minimum absolute atomic E-state index is 0.0325. The molecule has 1 aliphatic heterocycles. The Balaban J connectivity index is 1.61. The second kappa shape index (κ2) is 9.15. The number of aryl methyl sites for hydroxylation is 1. The number of benzene rings is 2. The zero-order valence-electron chi connectivity index (χ0n) is 18.4. The normalized spacial score (nSPS) is 17.3. The predicted molar refractivity (Wildman–Crippen MR) is 134 cm³/mol. The summed E-state index contributed by atoms with van der Waals surface area (Å²) in [5, 5.41) is 1.10. The summed E-state index contributed by atoms with van der Waals surface area (Å²) in [5.41, 5.74) is 3.30. The first-order valence-electron chi connectivity index (χ1n) is 10.7. The molecule has 0 aliphatic carbocycles. The average Bonchev–Trinajstić information content (AvgIpc) is 3.35. The Labute approximate surface area is 202 Å². The van der Waals surface area contributed by atoms with Crippen molar-refractivity contribution in [2.24, 2.45) is 0 Å². The van der Waals surface area contributed by atoms with Gasteiger partial charge in [-0.05, 0) is 97.3 Å². The lowest BCUT2D eigenvalue weighted by Crippen LogP contribution is -2.28. The molecular formula is C24H27IN2O4S. The van der Waals surface area contributed by atoms with Crippen LogP contribution in [0.2, 0.25) is 0 Å². The fraction of sp³-hybridized carbons (Fsp3) is 0.375. The molecule has 0 radical (unpaired) electrons. The lowest BCUT2D eigenvalue weighted by molar-refractivity contribution is -0.108. The maximum atomic E-state index is 13.2. The third-order valence-corrected chi connectivity index (χ3v) is 8.93. The minimum Gasteiger partial charge on any atom is -0.491 e. The number of ether oxygens (including phenoxy) is 1. The van der Waals surface area contributed by atoms with Crippen molar-refractivity contribution in [1.29, 1.82) is 0 Å². The Morgan fingerprint density at radius 1 is 1.22 bits per heavy atom. The molecule has 1 aromatic heterocycles. The molecule has 32 heavy (non-hydrogen) atoms. The Bertz CT molecular complexity index is 1250. The second-order valence-electron chi connectivity index (χ2n) is 8.51. The number of hydrogen-bond acceptors (Lipinski definition) is 4. The summed E-state index contributed by atoms with van der Waals surface area (Å²) in [6.07, 6.45) is 3.70. The highest BCUT2D eigenvalue weighted by atomic mass is 127. The average molecular weight is 566 g/mol. The number of carbonyl (C=O) groups excluding carboxylic acids is 1. The van der Waals surface area contributed by atoms with Gasteiger partial charge in [0, 0.05) is 39.7 Å². The summed E-state index contributed by atoms with van der Waals surface area (Å²) in [5.74, 6) is 0.745. The molecule has 0 spiro atoms. The first-order chi connectivity index (χ1) is 15.2. The molecule has 0 amide bonds. The summed E-state index contributed by atoms with van der Waals surface area (Å²) in [6, 6.07) is 10.9. The molecule has 0 N–H and O–H groups in total. The molecule has 1 fully saturated rings. The van der Waals surface area contributed by atoms with E-state index < -0.39 is 10.0 Å². The first kappa shape index (κ1) is 23.3. The molecule has 2 heterocycles. The van der Waals surface area contributed by atoms with Gasteiger partial charge < -0.3 is 14.1 Å². The predicted octanol–water partition coefficient (Wildman–Crippen LogP) is 4.72. The monoisotopic (exact) mass is 566 g/mol. The molecule has 170 valence electrons. The molecule has 1 unspecified atom stereocenters. The van der Waals surface area contributed by atoms with Gasteiger partial charge in [-0.1, -0.05) is 0 Å². The van der Waals surface area contributed by atoms with Crippen LogP contribution in [0.25, 0.3) is 10.9 Å². The fourth-order valence-corrected chi connectivity index (χ4v) is 6.27. The topological polar surface area (TPSA) is 68.6 Å². The number of aromatic nitrogens is 1. The zero-order valence-corrected chi connectivity index (χ0v) is 21.4. The van der Waals surface area contributed by atoms with Gasteiger partial charge in [-0.15, -0.1) is 0 Å². The zero-order chi connectivity index (χ0) is 23.0. The summed E-state index contributed by atoms with van der Waals surface area (Å²) in [6.45, 7) is 7.13. The largest absolute Gasteiger partial charge is 0.491 e. The minimum atomic E-state index is -3.58. The van der Waals surface area contributed by atoms with Crippen LogP contribution in [-0.4, -0.2) is 42.8 Å². The molecule has 6 nitrogen and oxygen atoms in total. The van der Waals surface area contributed by atoms with E-state index in [1.54, 1.807) is 28.6 Å². The quantitative estimate of drug-likeness (QED) is 0.307. The number of halogens is 1. The van der Waals surface area contributed by atoms with Crippen LogP contribution in [0.1, 0.15) is 37.3 Å². The number of aldehydes is 1. The van der Waals surface area contributed by atoms with Crippen LogP contribution in [0.3, 0.4) is 0 Å². The number of hydrogen-bond donors (Lipinski definition) is 0. The maximum absolute atomic E-state index is 13.2. The van der Waals surface area contributed by atoms with Crippen molar-refractivity contribution in [3.8, 4) is 5.75 Å².